The third kappa shape index (κ3) is 2.71. The van der Waals surface area contributed by atoms with Gasteiger partial charge >= 0.3 is 6.18 Å². The number of rotatable bonds is 3. The third-order valence-electron chi connectivity index (χ3n) is 3.23. The summed E-state index contributed by atoms with van der Waals surface area (Å²) in [5.41, 5.74) is -1.81. The number of nitrogens with one attached hydrogen (secondary N) is 1. The predicted octanol–water partition coefficient (Wildman–Crippen LogP) is 0.530. The molecule has 0 aromatic rings. The van der Waals surface area contributed by atoms with E-state index in [0.29, 0.717) is 26.3 Å². The minimum absolute atomic E-state index is 0.0624. The first kappa shape index (κ1) is 12.6. The minimum atomic E-state index is -4.27. The Balaban J connectivity index is 1.80. The Labute approximate surface area is 97.1 Å². The zero-order valence-electron chi connectivity index (χ0n) is 9.35. The van der Waals surface area contributed by atoms with Crippen molar-refractivity contribution in [2.75, 3.05) is 32.8 Å². The van der Waals surface area contributed by atoms with Crippen molar-refractivity contribution in [1.29, 1.82) is 0 Å². The molecule has 1 aliphatic heterocycles. The van der Waals surface area contributed by atoms with Crippen molar-refractivity contribution in [2.45, 2.75) is 24.6 Å². The Hall–Kier alpha value is -0.820. The fourth-order valence-corrected chi connectivity index (χ4v) is 1.85. The summed E-state index contributed by atoms with van der Waals surface area (Å²) in [7, 11) is 0. The number of alkyl halides is 3. The highest BCUT2D eigenvalue weighted by atomic mass is 19.4. The number of morpholine rings is 1. The van der Waals surface area contributed by atoms with E-state index >= 15 is 0 Å². The molecule has 0 aromatic carbocycles. The van der Waals surface area contributed by atoms with Crippen molar-refractivity contribution in [3.8, 4) is 0 Å². The molecule has 0 radical (unpaired) electrons. The Kier molecular flexibility index (Phi) is 3.31. The standard InChI is InChI=1S/C10H15F3N2O2/c11-10(12,13)9(1-2-9)14-7-8(16)15-3-5-17-6-4-15/h14H,1-7H2. The van der Waals surface area contributed by atoms with Crippen LogP contribution in [0.4, 0.5) is 13.2 Å². The number of carbonyl (C=O) groups excluding carboxylic acids is 1. The highest BCUT2D eigenvalue weighted by Gasteiger charge is 2.63. The molecule has 1 saturated carbocycles. The van der Waals surface area contributed by atoms with Gasteiger partial charge in [-0.3, -0.25) is 10.1 Å². The normalized spacial score (nSPS) is 23.6. The number of nitrogens with zero attached hydrogens (tertiary/aromatic N) is 1. The van der Waals surface area contributed by atoms with Crippen LogP contribution in [-0.4, -0.2) is 55.4 Å². The van der Waals surface area contributed by atoms with Gasteiger partial charge in [-0.15, -0.1) is 0 Å². The molecule has 0 spiro atoms. The van der Waals surface area contributed by atoms with Crippen LogP contribution in [0.3, 0.4) is 0 Å². The first-order valence-corrected chi connectivity index (χ1v) is 5.62. The molecule has 98 valence electrons. The topological polar surface area (TPSA) is 41.6 Å². The molecule has 1 heterocycles. The van der Waals surface area contributed by atoms with Crippen LogP contribution in [0.15, 0.2) is 0 Å². The maximum atomic E-state index is 12.6. The third-order valence-corrected chi connectivity index (χ3v) is 3.23. The highest BCUT2D eigenvalue weighted by molar-refractivity contribution is 5.78. The summed E-state index contributed by atoms with van der Waals surface area (Å²) in [6.07, 6.45) is -4.14. The molecule has 4 nitrogen and oxygen atoms in total. The first-order chi connectivity index (χ1) is 7.95. The number of hydrogen-bond donors (Lipinski definition) is 1. The van der Waals surface area contributed by atoms with Crippen molar-refractivity contribution in [3.05, 3.63) is 0 Å². The number of halogens is 3. The van der Waals surface area contributed by atoms with E-state index in [-0.39, 0.29) is 25.3 Å². The second-order valence-electron chi connectivity index (χ2n) is 4.43. The molecule has 2 fully saturated rings. The molecule has 0 atom stereocenters. The lowest BCUT2D eigenvalue weighted by molar-refractivity contribution is -0.167. The van der Waals surface area contributed by atoms with E-state index in [0.717, 1.165) is 0 Å². The van der Waals surface area contributed by atoms with Crippen LogP contribution in [0, 0.1) is 0 Å². The van der Waals surface area contributed by atoms with Crippen molar-refractivity contribution >= 4 is 5.91 Å². The van der Waals surface area contributed by atoms with Gasteiger partial charge in [-0.1, -0.05) is 0 Å². The molecule has 1 N–H and O–H groups in total. The number of amides is 1. The van der Waals surface area contributed by atoms with Crippen LogP contribution in [0.2, 0.25) is 0 Å². The van der Waals surface area contributed by atoms with E-state index < -0.39 is 11.7 Å². The molecule has 1 saturated heterocycles. The van der Waals surface area contributed by atoms with Gasteiger partial charge in [-0.05, 0) is 12.8 Å². The summed E-state index contributed by atoms with van der Waals surface area (Å²) in [6.45, 7) is 1.57. The fourth-order valence-electron chi connectivity index (χ4n) is 1.85. The molecule has 0 aromatic heterocycles. The summed E-state index contributed by atoms with van der Waals surface area (Å²) < 4.78 is 42.8. The summed E-state index contributed by atoms with van der Waals surface area (Å²) >= 11 is 0. The lowest BCUT2D eigenvalue weighted by Gasteiger charge is -2.28. The molecular weight excluding hydrogens is 237 g/mol. The van der Waals surface area contributed by atoms with Crippen LogP contribution in [0.25, 0.3) is 0 Å². The van der Waals surface area contributed by atoms with E-state index in [4.69, 9.17) is 4.74 Å². The van der Waals surface area contributed by atoms with E-state index in [9.17, 15) is 18.0 Å². The van der Waals surface area contributed by atoms with Gasteiger partial charge in [0.15, 0.2) is 0 Å². The van der Waals surface area contributed by atoms with Crippen molar-refractivity contribution < 1.29 is 22.7 Å². The van der Waals surface area contributed by atoms with Gasteiger partial charge in [0.05, 0.1) is 19.8 Å². The van der Waals surface area contributed by atoms with Gasteiger partial charge in [0.1, 0.15) is 5.54 Å². The summed E-state index contributed by atoms with van der Waals surface area (Å²) in [5.74, 6) is -0.288. The molecule has 7 heteroatoms. The van der Waals surface area contributed by atoms with Crippen LogP contribution < -0.4 is 5.32 Å². The van der Waals surface area contributed by atoms with Gasteiger partial charge in [0.25, 0.3) is 0 Å². The van der Waals surface area contributed by atoms with Crippen molar-refractivity contribution in [2.24, 2.45) is 0 Å². The van der Waals surface area contributed by atoms with Crippen LogP contribution in [-0.2, 0) is 9.53 Å². The minimum Gasteiger partial charge on any atom is -0.378 e. The first-order valence-electron chi connectivity index (χ1n) is 5.62. The molecule has 0 bridgehead atoms. The Bertz CT molecular complexity index is 296. The van der Waals surface area contributed by atoms with Crippen molar-refractivity contribution in [3.63, 3.8) is 0 Å². The summed E-state index contributed by atoms with van der Waals surface area (Å²) in [5, 5.41) is 2.35. The maximum absolute atomic E-state index is 12.6. The highest BCUT2D eigenvalue weighted by Crippen LogP contribution is 2.48. The Morgan fingerprint density at radius 2 is 1.88 bits per heavy atom. The SMILES string of the molecule is O=C(CNC1(C(F)(F)F)CC1)N1CCOCC1. The summed E-state index contributed by atoms with van der Waals surface area (Å²) in [6, 6.07) is 0. The van der Waals surface area contributed by atoms with Crippen LogP contribution in [0.1, 0.15) is 12.8 Å². The largest absolute Gasteiger partial charge is 0.406 e. The molecule has 1 amide bonds. The lowest BCUT2D eigenvalue weighted by atomic mass is 10.2. The average Bonchev–Trinajstić information content (AvgIpc) is 3.07. The smallest absolute Gasteiger partial charge is 0.378 e. The van der Waals surface area contributed by atoms with Gasteiger partial charge < -0.3 is 9.64 Å². The molecule has 1 aliphatic carbocycles. The molecule has 17 heavy (non-hydrogen) atoms. The Morgan fingerprint density at radius 1 is 1.29 bits per heavy atom. The van der Waals surface area contributed by atoms with E-state index in [2.05, 4.69) is 5.32 Å². The number of hydrogen-bond acceptors (Lipinski definition) is 3. The quantitative estimate of drug-likeness (QED) is 0.796. The second kappa shape index (κ2) is 4.45. The zero-order chi connectivity index (χ0) is 12.5. The zero-order valence-corrected chi connectivity index (χ0v) is 9.35. The lowest BCUT2D eigenvalue weighted by Crippen LogP contribution is -2.51. The Morgan fingerprint density at radius 3 is 2.35 bits per heavy atom. The summed E-state index contributed by atoms with van der Waals surface area (Å²) in [4.78, 5) is 13.2. The van der Waals surface area contributed by atoms with Gasteiger partial charge in [0.2, 0.25) is 5.91 Å². The monoisotopic (exact) mass is 252 g/mol. The van der Waals surface area contributed by atoms with Gasteiger partial charge in [-0.25, -0.2) is 0 Å². The number of carbonyl (C=O) groups is 1. The fraction of sp³-hybridized carbons (Fsp3) is 0.900. The van der Waals surface area contributed by atoms with E-state index in [1.165, 1.54) is 4.90 Å². The molecule has 2 aliphatic rings. The molecular formula is C10H15F3N2O2. The average molecular weight is 252 g/mol. The maximum Gasteiger partial charge on any atom is 0.406 e. The van der Waals surface area contributed by atoms with Gasteiger partial charge in [-0.2, -0.15) is 13.2 Å². The van der Waals surface area contributed by atoms with E-state index in [1.807, 2.05) is 0 Å². The number of ether oxygens (including phenoxy) is 1. The van der Waals surface area contributed by atoms with Crippen LogP contribution in [0.5, 0.6) is 0 Å². The molecule has 2 rings (SSSR count). The van der Waals surface area contributed by atoms with Crippen LogP contribution >= 0.6 is 0 Å². The second-order valence-corrected chi connectivity index (χ2v) is 4.43. The molecule has 0 unspecified atom stereocenters. The van der Waals surface area contributed by atoms with Crippen molar-refractivity contribution in [1.82, 2.24) is 10.2 Å². The van der Waals surface area contributed by atoms with Gasteiger partial charge in [0, 0.05) is 13.1 Å². The predicted molar refractivity (Wildman–Crippen MR) is 53.4 cm³/mol. The van der Waals surface area contributed by atoms with E-state index in [1.54, 1.807) is 0 Å².